The number of nitrogens with one attached hydrogen (secondary N) is 1. The van der Waals surface area contributed by atoms with E-state index in [9.17, 15) is 19.2 Å². The van der Waals surface area contributed by atoms with Gasteiger partial charge in [-0.1, -0.05) is 13.3 Å². The Morgan fingerprint density at radius 3 is 2.57 bits per heavy atom. The smallest absolute Gasteiger partial charge is 0.335 e. The lowest BCUT2D eigenvalue weighted by atomic mass is 10.2. The second-order valence-corrected chi connectivity index (χ2v) is 5.40. The zero-order valence-electron chi connectivity index (χ0n) is 13.1. The van der Waals surface area contributed by atoms with Gasteiger partial charge in [-0.2, -0.15) is 0 Å². The molecule has 0 saturated carbocycles. The third-order valence-electron chi connectivity index (χ3n) is 3.46. The fourth-order valence-electron chi connectivity index (χ4n) is 2.36. The van der Waals surface area contributed by atoms with E-state index in [-0.39, 0.29) is 12.6 Å². The van der Waals surface area contributed by atoms with E-state index >= 15 is 0 Å². The van der Waals surface area contributed by atoms with Crippen molar-refractivity contribution in [3.05, 3.63) is 24.2 Å². The molecule has 1 N–H and O–H groups in total. The lowest BCUT2D eigenvalue weighted by Gasteiger charge is -2.17. The van der Waals surface area contributed by atoms with Crippen LogP contribution in [0.4, 0.5) is 4.79 Å². The number of nitrogens with zero attached hydrogens (tertiary/aromatic N) is 2. The molecule has 23 heavy (non-hydrogen) atoms. The summed E-state index contributed by atoms with van der Waals surface area (Å²) in [7, 11) is 0. The van der Waals surface area contributed by atoms with E-state index in [0.29, 0.717) is 10.7 Å². The maximum atomic E-state index is 12.2. The van der Waals surface area contributed by atoms with Crippen LogP contribution in [-0.4, -0.2) is 46.1 Å². The SMILES string of the molecule is CCC[C@@H](C)NC(=O)CN1C(=O)C(=O)N(Cc2ccco2)C1=O. The predicted molar refractivity (Wildman–Crippen MR) is 78.9 cm³/mol. The summed E-state index contributed by atoms with van der Waals surface area (Å²) in [5.41, 5.74) is 0. The first kappa shape index (κ1) is 16.7. The van der Waals surface area contributed by atoms with Gasteiger partial charge >= 0.3 is 17.8 Å². The molecule has 1 aliphatic rings. The summed E-state index contributed by atoms with van der Waals surface area (Å²) < 4.78 is 5.07. The van der Waals surface area contributed by atoms with Gasteiger partial charge in [0, 0.05) is 6.04 Å². The number of carbonyl (C=O) groups is 4. The van der Waals surface area contributed by atoms with Gasteiger partial charge in [0.25, 0.3) is 0 Å². The van der Waals surface area contributed by atoms with E-state index in [2.05, 4.69) is 5.32 Å². The zero-order valence-corrected chi connectivity index (χ0v) is 13.1. The quantitative estimate of drug-likeness (QED) is 0.593. The molecule has 1 fully saturated rings. The molecule has 0 aromatic carbocycles. The number of furan rings is 1. The molecule has 1 aromatic heterocycles. The van der Waals surface area contributed by atoms with Gasteiger partial charge in [0.15, 0.2) is 0 Å². The highest BCUT2D eigenvalue weighted by atomic mass is 16.3. The van der Waals surface area contributed by atoms with Crippen molar-refractivity contribution in [3.8, 4) is 0 Å². The number of amides is 5. The van der Waals surface area contributed by atoms with Crippen molar-refractivity contribution in [2.45, 2.75) is 39.3 Å². The lowest BCUT2D eigenvalue weighted by Crippen LogP contribution is -2.43. The van der Waals surface area contributed by atoms with Crippen molar-refractivity contribution in [3.63, 3.8) is 0 Å². The Kier molecular flexibility index (Phi) is 5.15. The standard InChI is InChI=1S/C15H19N3O5/c1-3-5-10(2)16-12(19)9-18-14(21)13(20)17(15(18)22)8-11-6-4-7-23-11/h4,6-7,10H,3,5,8-9H2,1-2H3,(H,16,19)/t10-/m1/s1. The minimum Gasteiger partial charge on any atom is -0.467 e. The van der Waals surface area contributed by atoms with Crippen LogP contribution in [0.1, 0.15) is 32.4 Å². The first-order valence-electron chi connectivity index (χ1n) is 7.43. The molecular formula is C15H19N3O5. The number of hydrogen-bond donors (Lipinski definition) is 1. The van der Waals surface area contributed by atoms with E-state index < -0.39 is 30.3 Å². The van der Waals surface area contributed by atoms with E-state index in [1.165, 1.54) is 6.26 Å². The number of urea groups is 1. The minimum absolute atomic E-state index is 0.0600. The summed E-state index contributed by atoms with van der Waals surface area (Å²) in [4.78, 5) is 49.3. The van der Waals surface area contributed by atoms with E-state index in [1.807, 2.05) is 13.8 Å². The van der Waals surface area contributed by atoms with E-state index in [0.717, 1.165) is 17.7 Å². The molecule has 8 nitrogen and oxygen atoms in total. The number of rotatable bonds is 7. The van der Waals surface area contributed by atoms with Gasteiger partial charge < -0.3 is 9.73 Å². The molecule has 5 amide bonds. The summed E-state index contributed by atoms with van der Waals surface area (Å²) in [5.74, 6) is -2.05. The van der Waals surface area contributed by atoms with Gasteiger partial charge in [-0.15, -0.1) is 0 Å². The van der Waals surface area contributed by atoms with Crippen molar-refractivity contribution >= 4 is 23.8 Å². The Labute approximate surface area is 133 Å². The molecule has 0 unspecified atom stereocenters. The van der Waals surface area contributed by atoms with Crippen molar-refractivity contribution in [2.75, 3.05) is 6.54 Å². The molecule has 124 valence electrons. The van der Waals surface area contributed by atoms with Gasteiger partial charge in [0.1, 0.15) is 12.3 Å². The van der Waals surface area contributed by atoms with Crippen LogP contribution in [0.3, 0.4) is 0 Å². The molecule has 1 atom stereocenters. The first-order chi connectivity index (χ1) is 10.9. The van der Waals surface area contributed by atoms with Crippen molar-refractivity contribution in [1.82, 2.24) is 15.1 Å². The third-order valence-corrected chi connectivity index (χ3v) is 3.46. The van der Waals surface area contributed by atoms with Crippen LogP contribution in [0.25, 0.3) is 0 Å². The number of imide groups is 2. The molecule has 1 saturated heterocycles. The number of carbonyl (C=O) groups excluding carboxylic acids is 4. The van der Waals surface area contributed by atoms with Gasteiger partial charge in [0.2, 0.25) is 5.91 Å². The summed E-state index contributed by atoms with van der Waals surface area (Å²) >= 11 is 0. The summed E-state index contributed by atoms with van der Waals surface area (Å²) in [6, 6.07) is 2.33. The molecule has 2 heterocycles. The molecular weight excluding hydrogens is 302 g/mol. The fourth-order valence-corrected chi connectivity index (χ4v) is 2.36. The van der Waals surface area contributed by atoms with Gasteiger partial charge in [-0.3, -0.25) is 14.4 Å². The monoisotopic (exact) mass is 321 g/mol. The molecule has 0 aliphatic carbocycles. The van der Waals surface area contributed by atoms with E-state index in [1.54, 1.807) is 12.1 Å². The van der Waals surface area contributed by atoms with Crippen LogP contribution in [0.15, 0.2) is 22.8 Å². The topological polar surface area (TPSA) is 99.9 Å². The molecule has 2 rings (SSSR count). The average molecular weight is 321 g/mol. The maximum Gasteiger partial charge on any atom is 0.335 e. The highest BCUT2D eigenvalue weighted by Gasteiger charge is 2.45. The Morgan fingerprint density at radius 1 is 1.26 bits per heavy atom. The Balaban J connectivity index is 2.00. The third kappa shape index (κ3) is 3.77. The summed E-state index contributed by atoms with van der Waals surface area (Å²) in [5, 5.41) is 2.69. The van der Waals surface area contributed by atoms with Gasteiger partial charge in [-0.05, 0) is 25.5 Å². The molecule has 1 aliphatic heterocycles. The molecule has 0 radical (unpaired) electrons. The maximum absolute atomic E-state index is 12.2. The number of hydrogen-bond acceptors (Lipinski definition) is 5. The summed E-state index contributed by atoms with van der Waals surface area (Å²) in [6.45, 7) is 3.22. The van der Waals surface area contributed by atoms with Crippen LogP contribution in [-0.2, 0) is 20.9 Å². The van der Waals surface area contributed by atoms with Gasteiger partial charge in [0.05, 0.1) is 12.8 Å². The van der Waals surface area contributed by atoms with Gasteiger partial charge in [-0.25, -0.2) is 14.6 Å². The lowest BCUT2D eigenvalue weighted by molar-refractivity contribution is -0.144. The molecule has 8 heteroatoms. The summed E-state index contributed by atoms with van der Waals surface area (Å²) in [6.07, 6.45) is 3.10. The highest BCUT2D eigenvalue weighted by Crippen LogP contribution is 2.16. The molecule has 0 spiro atoms. The highest BCUT2D eigenvalue weighted by molar-refractivity contribution is 6.44. The van der Waals surface area contributed by atoms with E-state index in [4.69, 9.17) is 4.42 Å². The van der Waals surface area contributed by atoms with Crippen LogP contribution in [0, 0.1) is 0 Å². The second kappa shape index (κ2) is 7.08. The largest absolute Gasteiger partial charge is 0.467 e. The van der Waals surface area contributed by atoms with Crippen molar-refractivity contribution < 1.29 is 23.6 Å². The normalized spacial score (nSPS) is 16.2. The van der Waals surface area contributed by atoms with Crippen LogP contribution in [0.5, 0.6) is 0 Å². The predicted octanol–water partition coefficient (Wildman–Crippen LogP) is 0.875. The second-order valence-electron chi connectivity index (χ2n) is 5.40. The fraction of sp³-hybridized carbons (Fsp3) is 0.467. The van der Waals surface area contributed by atoms with Crippen molar-refractivity contribution in [1.29, 1.82) is 0 Å². The Hall–Kier alpha value is -2.64. The van der Waals surface area contributed by atoms with Crippen LogP contribution in [0.2, 0.25) is 0 Å². The Bertz CT molecular complexity index is 611. The molecule has 0 bridgehead atoms. The minimum atomic E-state index is -1.00. The molecule has 1 aromatic rings. The zero-order chi connectivity index (χ0) is 17.0. The first-order valence-corrected chi connectivity index (χ1v) is 7.43. The average Bonchev–Trinajstić information content (AvgIpc) is 3.07. The Morgan fingerprint density at radius 2 is 1.96 bits per heavy atom. The van der Waals surface area contributed by atoms with Crippen molar-refractivity contribution in [2.24, 2.45) is 0 Å². The van der Waals surface area contributed by atoms with Crippen LogP contribution < -0.4 is 5.32 Å². The van der Waals surface area contributed by atoms with Crippen LogP contribution >= 0.6 is 0 Å².